The average molecular weight is 378 g/mol. The number of rotatable bonds is 4. The fourth-order valence-corrected chi connectivity index (χ4v) is 2.61. The Hall–Kier alpha value is -3.16. The first-order valence-corrected chi connectivity index (χ1v) is 8.00. The number of hydrogen-bond acceptors (Lipinski definition) is 3. The van der Waals surface area contributed by atoms with E-state index in [2.05, 4.69) is 5.10 Å². The number of alkyl halides is 3. The lowest BCUT2D eigenvalue weighted by atomic mass is 10.1. The molecule has 4 nitrogen and oxygen atoms in total. The molecule has 0 bridgehead atoms. The van der Waals surface area contributed by atoms with E-state index >= 15 is 0 Å². The molecule has 140 valence electrons. The van der Waals surface area contributed by atoms with E-state index in [9.17, 15) is 22.4 Å². The van der Waals surface area contributed by atoms with Crippen molar-refractivity contribution in [1.82, 2.24) is 9.78 Å². The van der Waals surface area contributed by atoms with Crippen LogP contribution in [0.15, 0.2) is 54.7 Å². The molecule has 0 aliphatic rings. The van der Waals surface area contributed by atoms with Gasteiger partial charge in [0, 0.05) is 5.56 Å². The fraction of sp³-hybridized carbons (Fsp3) is 0.158. The summed E-state index contributed by atoms with van der Waals surface area (Å²) in [5, 5.41) is 4.07. The van der Waals surface area contributed by atoms with Gasteiger partial charge in [-0.2, -0.15) is 18.3 Å². The Morgan fingerprint density at radius 3 is 2.37 bits per heavy atom. The first kappa shape index (κ1) is 18.6. The highest BCUT2D eigenvalue weighted by atomic mass is 19.4. The lowest BCUT2D eigenvalue weighted by Crippen LogP contribution is -2.08. The molecule has 3 aromatic rings. The average Bonchev–Trinajstić information content (AvgIpc) is 3.06. The van der Waals surface area contributed by atoms with Gasteiger partial charge in [0.2, 0.25) is 0 Å². The van der Waals surface area contributed by atoms with Crippen LogP contribution >= 0.6 is 0 Å². The molecule has 0 saturated heterocycles. The maximum Gasteiger partial charge on any atom is 0.416 e. The maximum absolute atomic E-state index is 14.4. The topological polar surface area (TPSA) is 44.1 Å². The van der Waals surface area contributed by atoms with E-state index in [-0.39, 0.29) is 29.1 Å². The van der Waals surface area contributed by atoms with Gasteiger partial charge in [0.1, 0.15) is 11.4 Å². The van der Waals surface area contributed by atoms with Crippen molar-refractivity contribution in [2.24, 2.45) is 0 Å². The van der Waals surface area contributed by atoms with Gasteiger partial charge in [-0.15, -0.1) is 0 Å². The van der Waals surface area contributed by atoms with Gasteiger partial charge in [-0.1, -0.05) is 12.1 Å². The van der Waals surface area contributed by atoms with Crippen LogP contribution < -0.4 is 0 Å². The van der Waals surface area contributed by atoms with E-state index in [1.807, 2.05) is 0 Å². The number of ether oxygens (including phenoxy) is 1. The highest BCUT2D eigenvalue weighted by Crippen LogP contribution is 2.32. The van der Waals surface area contributed by atoms with E-state index in [4.69, 9.17) is 4.74 Å². The lowest BCUT2D eigenvalue weighted by Gasteiger charge is -2.12. The van der Waals surface area contributed by atoms with Gasteiger partial charge in [-0.05, 0) is 43.3 Å². The fourth-order valence-electron chi connectivity index (χ4n) is 2.61. The number of esters is 1. The minimum atomic E-state index is -4.48. The Balaban J connectivity index is 2.16. The summed E-state index contributed by atoms with van der Waals surface area (Å²) in [6.45, 7) is 1.74. The van der Waals surface area contributed by atoms with Crippen LogP contribution in [-0.4, -0.2) is 22.4 Å². The molecule has 27 heavy (non-hydrogen) atoms. The molecule has 0 aliphatic heterocycles. The largest absolute Gasteiger partial charge is 0.462 e. The van der Waals surface area contributed by atoms with E-state index in [1.54, 1.807) is 13.0 Å². The number of halogens is 4. The van der Waals surface area contributed by atoms with Crippen LogP contribution in [-0.2, 0) is 10.9 Å². The molecule has 3 rings (SSSR count). The quantitative estimate of drug-likeness (QED) is 0.480. The van der Waals surface area contributed by atoms with Crippen LogP contribution in [0.5, 0.6) is 0 Å². The molecule has 0 spiro atoms. The molecule has 0 N–H and O–H groups in total. The molecule has 8 heteroatoms. The van der Waals surface area contributed by atoms with E-state index in [0.29, 0.717) is 0 Å². The summed E-state index contributed by atoms with van der Waals surface area (Å²) in [4.78, 5) is 12.2. The molecule has 0 unspecified atom stereocenters. The number of benzene rings is 2. The van der Waals surface area contributed by atoms with Crippen molar-refractivity contribution in [2.75, 3.05) is 6.61 Å². The highest BCUT2D eigenvalue weighted by Gasteiger charge is 2.30. The normalized spacial score (nSPS) is 11.4. The predicted molar refractivity (Wildman–Crippen MR) is 89.9 cm³/mol. The molecule has 1 aromatic heterocycles. The zero-order valence-electron chi connectivity index (χ0n) is 14.1. The standard InChI is InChI=1S/C19H14F4N2O2/c1-2-27-18(26)15-11-24-25(17(15)14-5-3-4-6-16(14)20)13-9-7-12(8-10-13)19(21,22)23/h3-11H,2H2,1H3. The van der Waals surface area contributed by atoms with Crippen LogP contribution in [0.2, 0.25) is 0 Å². The van der Waals surface area contributed by atoms with E-state index < -0.39 is 23.5 Å². The zero-order chi connectivity index (χ0) is 19.6. The van der Waals surface area contributed by atoms with Gasteiger partial charge in [-0.25, -0.2) is 13.9 Å². The molecule has 0 amide bonds. The van der Waals surface area contributed by atoms with Crippen molar-refractivity contribution in [3.63, 3.8) is 0 Å². The first-order valence-electron chi connectivity index (χ1n) is 8.00. The second kappa shape index (κ2) is 7.22. The Kier molecular flexibility index (Phi) is 4.98. The summed E-state index contributed by atoms with van der Waals surface area (Å²) in [5.74, 6) is -1.30. The van der Waals surface area contributed by atoms with Gasteiger partial charge >= 0.3 is 12.1 Å². The van der Waals surface area contributed by atoms with Crippen molar-refractivity contribution in [3.05, 3.63) is 71.7 Å². The number of carbonyl (C=O) groups excluding carboxylic acids is 1. The van der Waals surface area contributed by atoms with Crippen molar-refractivity contribution < 1.29 is 27.1 Å². The molecule has 0 radical (unpaired) electrons. The van der Waals surface area contributed by atoms with Crippen LogP contribution in [0.1, 0.15) is 22.8 Å². The van der Waals surface area contributed by atoms with Gasteiger partial charge in [0.25, 0.3) is 0 Å². The number of carbonyl (C=O) groups is 1. The van der Waals surface area contributed by atoms with Crippen molar-refractivity contribution in [2.45, 2.75) is 13.1 Å². The number of nitrogens with zero attached hydrogens (tertiary/aromatic N) is 2. The Morgan fingerprint density at radius 1 is 1.11 bits per heavy atom. The van der Waals surface area contributed by atoms with E-state index in [1.165, 1.54) is 41.2 Å². The second-order valence-electron chi connectivity index (χ2n) is 5.56. The zero-order valence-corrected chi connectivity index (χ0v) is 14.1. The summed E-state index contributed by atoms with van der Waals surface area (Å²) >= 11 is 0. The molecule has 0 fully saturated rings. The monoisotopic (exact) mass is 378 g/mol. The van der Waals surface area contributed by atoms with Crippen LogP contribution in [0.3, 0.4) is 0 Å². The second-order valence-corrected chi connectivity index (χ2v) is 5.56. The predicted octanol–water partition coefficient (Wildman–Crippen LogP) is 4.87. The minimum Gasteiger partial charge on any atom is -0.462 e. The van der Waals surface area contributed by atoms with Gasteiger partial charge < -0.3 is 4.74 Å². The Morgan fingerprint density at radius 2 is 1.78 bits per heavy atom. The summed E-state index contributed by atoms with van der Waals surface area (Å²) in [7, 11) is 0. The number of hydrogen-bond donors (Lipinski definition) is 0. The first-order chi connectivity index (χ1) is 12.8. The maximum atomic E-state index is 14.4. The summed E-state index contributed by atoms with van der Waals surface area (Å²) in [6.07, 6.45) is -3.27. The summed E-state index contributed by atoms with van der Waals surface area (Å²) in [6, 6.07) is 9.94. The van der Waals surface area contributed by atoms with E-state index in [0.717, 1.165) is 12.1 Å². The highest BCUT2D eigenvalue weighted by molar-refractivity contribution is 5.96. The van der Waals surface area contributed by atoms with Crippen LogP contribution in [0.25, 0.3) is 16.9 Å². The number of aromatic nitrogens is 2. The van der Waals surface area contributed by atoms with Crippen LogP contribution in [0.4, 0.5) is 17.6 Å². The van der Waals surface area contributed by atoms with Crippen molar-refractivity contribution in [3.8, 4) is 16.9 Å². The smallest absolute Gasteiger partial charge is 0.416 e. The van der Waals surface area contributed by atoms with Crippen LogP contribution in [0, 0.1) is 5.82 Å². The minimum absolute atomic E-state index is 0.0156. The Bertz CT molecular complexity index is 963. The van der Waals surface area contributed by atoms with Gasteiger partial charge in [0.15, 0.2) is 0 Å². The molecule has 0 aliphatic carbocycles. The lowest BCUT2D eigenvalue weighted by molar-refractivity contribution is -0.137. The third-order valence-electron chi connectivity index (χ3n) is 3.83. The third kappa shape index (κ3) is 3.69. The SMILES string of the molecule is CCOC(=O)c1cnn(-c2ccc(C(F)(F)F)cc2)c1-c1ccccc1F. The molecule has 0 saturated carbocycles. The molecule has 2 aromatic carbocycles. The molecule has 1 heterocycles. The van der Waals surface area contributed by atoms with Crippen molar-refractivity contribution >= 4 is 5.97 Å². The van der Waals surface area contributed by atoms with Gasteiger partial charge in [-0.3, -0.25) is 0 Å². The summed E-state index contributed by atoms with van der Waals surface area (Å²) in [5.41, 5.74) is -0.376. The van der Waals surface area contributed by atoms with Gasteiger partial charge in [0.05, 0.1) is 29.7 Å². The third-order valence-corrected chi connectivity index (χ3v) is 3.83. The summed E-state index contributed by atoms with van der Waals surface area (Å²) < 4.78 is 58.9. The molecule has 0 atom stereocenters. The Labute approximate surface area is 152 Å². The molecular weight excluding hydrogens is 364 g/mol. The van der Waals surface area contributed by atoms with Crippen molar-refractivity contribution in [1.29, 1.82) is 0 Å². The molecular formula is C19H14F4N2O2.